The molecule has 0 aliphatic carbocycles. The minimum atomic E-state index is -1.35. The smallest absolute Gasteiger partial charge is 0.407 e. The number of fused-ring (bicyclic) bond motifs is 1. The molecule has 4 saturated heterocycles. The van der Waals surface area contributed by atoms with Gasteiger partial charge in [0.15, 0.2) is 0 Å². The predicted octanol–water partition coefficient (Wildman–Crippen LogP) is 10.1. The molecule has 4 amide bonds. The van der Waals surface area contributed by atoms with Crippen LogP contribution in [-0.2, 0) is 24.7 Å². The number of ether oxygens (including phenoxy) is 2. The lowest BCUT2D eigenvalue weighted by Gasteiger charge is -2.38. The summed E-state index contributed by atoms with van der Waals surface area (Å²) in [5.41, 5.74) is 6.85. The molecule has 398 valence electrons. The number of carbonyl (C=O) groups is 4. The summed E-state index contributed by atoms with van der Waals surface area (Å²) in [6.07, 6.45) is 8.43. The van der Waals surface area contributed by atoms with Gasteiger partial charge in [0.1, 0.15) is 29.4 Å². The number of hydrogen-bond acceptors (Lipinski definition) is 10. The normalized spacial score (nSPS) is 21.6. The van der Waals surface area contributed by atoms with Crippen molar-refractivity contribution in [2.45, 2.75) is 128 Å². The molecule has 4 aliphatic heterocycles. The van der Waals surface area contributed by atoms with Crippen LogP contribution in [0.1, 0.15) is 131 Å². The van der Waals surface area contributed by atoms with Crippen LogP contribution in [0.25, 0.3) is 17.1 Å². The summed E-state index contributed by atoms with van der Waals surface area (Å²) >= 11 is 0. The van der Waals surface area contributed by atoms with E-state index >= 15 is 4.39 Å². The number of methoxy groups -OCH3 is 2. The summed E-state index contributed by atoms with van der Waals surface area (Å²) in [7, 11) is 2.59. The van der Waals surface area contributed by atoms with Gasteiger partial charge in [-0.25, -0.2) is 23.9 Å². The Kier molecular flexibility index (Phi) is 15.7. The number of amides is 4. The van der Waals surface area contributed by atoms with Crippen molar-refractivity contribution in [3.63, 3.8) is 0 Å². The predicted molar refractivity (Wildman–Crippen MR) is 289 cm³/mol. The molecule has 5 aromatic rings. The van der Waals surface area contributed by atoms with Gasteiger partial charge in [0.25, 0.3) is 0 Å². The summed E-state index contributed by atoms with van der Waals surface area (Å²) in [6.45, 7) is 16.6. The molecule has 4 aliphatic rings. The molecule has 16 nitrogen and oxygen atoms in total. The summed E-state index contributed by atoms with van der Waals surface area (Å²) in [5, 5.41) is 5.47. The number of halogens is 1. The first-order chi connectivity index (χ1) is 36.1. The van der Waals surface area contributed by atoms with Crippen molar-refractivity contribution in [3.05, 3.63) is 125 Å². The largest absolute Gasteiger partial charge is 0.453 e. The van der Waals surface area contributed by atoms with E-state index in [-0.39, 0.29) is 47.8 Å². The van der Waals surface area contributed by atoms with E-state index in [0.29, 0.717) is 44.8 Å². The quantitative estimate of drug-likeness (QED) is 0.0737. The number of rotatable bonds is 15. The third-order valence-electron chi connectivity index (χ3n) is 16.0. The second-order valence-electron chi connectivity index (χ2n) is 21.4. The van der Waals surface area contributed by atoms with Crippen LogP contribution in [0, 0.1) is 18.8 Å². The van der Waals surface area contributed by atoms with Crippen LogP contribution in [-0.4, -0.2) is 112 Å². The topological polar surface area (TPSA) is 181 Å². The number of anilines is 2. The fourth-order valence-corrected chi connectivity index (χ4v) is 11.8. The number of imidazole rings is 2. The van der Waals surface area contributed by atoms with Crippen molar-refractivity contribution < 1.29 is 33.0 Å². The van der Waals surface area contributed by atoms with E-state index in [2.05, 4.69) is 85.5 Å². The maximum Gasteiger partial charge on any atom is 0.407 e. The highest BCUT2D eigenvalue weighted by molar-refractivity contribution is 5.87. The van der Waals surface area contributed by atoms with Gasteiger partial charge in [-0.1, -0.05) is 76.7 Å². The Bertz CT molecular complexity index is 2890. The Morgan fingerprint density at radius 2 is 1.31 bits per heavy atom. The molecule has 0 unspecified atom stereocenters. The van der Waals surface area contributed by atoms with Gasteiger partial charge in [-0.05, 0) is 116 Å². The van der Waals surface area contributed by atoms with Crippen LogP contribution in [0.5, 0.6) is 0 Å². The lowest BCUT2D eigenvalue weighted by atomic mass is 9.86. The first-order valence-corrected chi connectivity index (χ1v) is 26.7. The molecule has 0 saturated carbocycles. The molecule has 2 aromatic heterocycles. The van der Waals surface area contributed by atoms with Gasteiger partial charge in [-0.15, -0.1) is 0 Å². The minimum absolute atomic E-state index is 0.0242. The lowest BCUT2D eigenvalue weighted by Crippen LogP contribution is -2.51. The summed E-state index contributed by atoms with van der Waals surface area (Å²) in [4.78, 5) is 77.8. The van der Waals surface area contributed by atoms with Crippen LogP contribution in [0.2, 0.25) is 0 Å². The maximum absolute atomic E-state index is 16.2. The maximum atomic E-state index is 16.2. The highest BCUT2D eigenvalue weighted by Crippen LogP contribution is 2.45. The number of aromatic nitrogens is 4. The second kappa shape index (κ2) is 22.4. The first-order valence-electron chi connectivity index (χ1n) is 26.7. The molecular formula is C58H73FN10O6. The van der Waals surface area contributed by atoms with Gasteiger partial charge in [0, 0.05) is 56.1 Å². The number of alkyl carbamates (subject to hydrolysis) is 2. The SMILES string of the molecule is C=C(/C=C\c1nc([C@@H]2CCCN2C(=O)[C@@H](NC(=O)OC)C(C)C)[nH]c1C)[C@H]1CC[C@H](c2ccc3nc([C@@H]4CCCN4C(=O)[C@@H](NC(=O)OC)C(C)C)[nH]c3c2)N1c1ccc(N2CCC(F)(c3ccccc3)CC2)cc1. The molecule has 9 rings (SSSR count). The van der Waals surface area contributed by atoms with Gasteiger partial charge >= 0.3 is 12.2 Å². The zero-order valence-electron chi connectivity index (χ0n) is 44.4. The van der Waals surface area contributed by atoms with E-state index in [1.165, 1.54) is 14.2 Å². The summed E-state index contributed by atoms with van der Waals surface area (Å²) < 4.78 is 25.9. The van der Waals surface area contributed by atoms with Crippen LogP contribution in [0.4, 0.5) is 25.4 Å². The first kappa shape index (κ1) is 52.7. The van der Waals surface area contributed by atoms with Gasteiger partial charge in [0.05, 0.1) is 55.1 Å². The van der Waals surface area contributed by atoms with Gasteiger partial charge < -0.3 is 49.7 Å². The standard InChI is InChI=1S/C58H73FN10O6/c1-35(2)50(64-56(72)74-7)54(70)67-30-12-16-48(67)52-60-38(6)43(61-52)24-18-37(5)46-26-27-47(69(46)42-22-20-41(21-23-42)66-32-28-58(59,29-33-66)40-14-10-9-11-15-40)39-19-25-44-45(34-39)63-53(62-44)49-17-13-31-68(49)55(71)51(36(3)4)65-57(73)75-8/h9-11,14-15,18-25,34-36,46-51H,5,12-13,16-17,26-33H2,1-4,6-8H3,(H,60,61)(H,62,63)(H,64,72)(H,65,73)/b24-18-/t46-,47-,48+,49+,50+,51+/m1/s1. The molecule has 17 heteroatoms. The average molecular weight is 1030 g/mol. The second-order valence-corrected chi connectivity index (χ2v) is 21.4. The zero-order chi connectivity index (χ0) is 53.1. The molecule has 4 N–H and O–H groups in total. The van der Waals surface area contributed by atoms with Crippen LogP contribution in [0.15, 0.2) is 91.0 Å². The molecule has 0 spiro atoms. The number of alkyl halides is 1. The van der Waals surface area contributed by atoms with E-state index in [0.717, 1.165) is 94.8 Å². The van der Waals surface area contributed by atoms with E-state index in [1.807, 2.05) is 80.8 Å². The molecule has 6 atom stereocenters. The number of nitrogens with one attached hydrogen (secondary N) is 4. The van der Waals surface area contributed by atoms with Crippen molar-refractivity contribution in [2.75, 3.05) is 50.2 Å². The lowest BCUT2D eigenvalue weighted by molar-refractivity contribution is -0.136. The number of benzene rings is 3. The molecule has 3 aromatic carbocycles. The third kappa shape index (κ3) is 11.0. The fraction of sp³-hybridized carbons (Fsp3) is 0.483. The number of aryl methyl sites for hydroxylation is 1. The number of likely N-dealkylation sites (tertiary alicyclic amines) is 2. The number of piperidine rings is 1. The molecule has 75 heavy (non-hydrogen) atoms. The van der Waals surface area contributed by atoms with Crippen LogP contribution < -0.4 is 20.4 Å². The Labute approximate surface area is 439 Å². The molecular weight excluding hydrogens is 952 g/mol. The molecule has 0 bridgehead atoms. The monoisotopic (exact) mass is 1020 g/mol. The van der Waals surface area contributed by atoms with Crippen molar-refractivity contribution >= 4 is 52.5 Å². The Morgan fingerprint density at radius 3 is 1.88 bits per heavy atom. The van der Waals surface area contributed by atoms with E-state index < -0.39 is 29.9 Å². The number of hydrogen-bond donors (Lipinski definition) is 4. The van der Waals surface area contributed by atoms with E-state index in [1.54, 1.807) is 0 Å². The van der Waals surface area contributed by atoms with Crippen LogP contribution in [0.3, 0.4) is 0 Å². The number of carbonyl (C=O) groups excluding carboxylic acids is 4. The third-order valence-corrected chi connectivity index (χ3v) is 16.0. The highest BCUT2D eigenvalue weighted by Gasteiger charge is 2.41. The molecule has 0 radical (unpaired) electrons. The molecule has 4 fully saturated rings. The van der Waals surface area contributed by atoms with Crippen molar-refractivity contribution in [1.82, 2.24) is 40.4 Å². The van der Waals surface area contributed by atoms with Gasteiger partial charge in [0.2, 0.25) is 11.8 Å². The number of aromatic amines is 2. The van der Waals surface area contributed by atoms with Gasteiger partial charge in [-0.3, -0.25) is 9.59 Å². The number of H-pyrrole nitrogens is 2. The Hall–Kier alpha value is -7.17. The fourth-order valence-electron chi connectivity index (χ4n) is 11.8. The van der Waals surface area contributed by atoms with E-state index in [4.69, 9.17) is 19.4 Å². The average Bonchev–Trinajstić information content (AvgIpc) is 4.29. The van der Waals surface area contributed by atoms with Crippen molar-refractivity contribution in [2.24, 2.45) is 11.8 Å². The van der Waals surface area contributed by atoms with Crippen molar-refractivity contribution in [1.29, 1.82) is 0 Å². The Balaban J connectivity index is 0.971. The zero-order valence-corrected chi connectivity index (χ0v) is 44.4. The number of nitrogens with zero attached hydrogens (tertiary/aromatic N) is 6. The minimum Gasteiger partial charge on any atom is -0.453 e. The van der Waals surface area contributed by atoms with Crippen LogP contribution >= 0.6 is 0 Å². The summed E-state index contributed by atoms with van der Waals surface area (Å²) in [5.74, 6) is 0.823. The highest BCUT2D eigenvalue weighted by atomic mass is 19.1. The Morgan fingerprint density at radius 1 is 0.733 bits per heavy atom. The van der Waals surface area contributed by atoms with Gasteiger partial charge in [-0.2, -0.15) is 0 Å². The molecule has 6 heterocycles. The van der Waals surface area contributed by atoms with Crippen molar-refractivity contribution in [3.8, 4) is 0 Å². The van der Waals surface area contributed by atoms with E-state index in [9.17, 15) is 19.2 Å². The summed E-state index contributed by atoms with van der Waals surface area (Å²) in [6, 6.07) is 22.5.